The van der Waals surface area contributed by atoms with E-state index in [2.05, 4.69) is 5.32 Å². The summed E-state index contributed by atoms with van der Waals surface area (Å²) in [6.07, 6.45) is 2.13. The summed E-state index contributed by atoms with van der Waals surface area (Å²) in [5, 5.41) is 11.3. The second kappa shape index (κ2) is 8.19. The molecule has 0 fully saturated rings. The lowest BCUT2D eigenvalue weighted by Gasteiger charge is -2.27. The number of carbonyl (C=O) groups is 3. The number of aliphatic carboxylic acids is 1. The molecular weight excluding hydrogens is 314 g/mol. The Morgan fingerprint density at radius 3 is 2.83 bits per heavy atom. The Hall–Kier alpha value is -2.77. The number of benzene rings is 1. The number of carbonyl (C=O) groups excluding carboxylic acids is 2. The minimum atomic E-state index is -1.02. The predicted octanol–water partition coefficient (Wildman–Crippen LogP) is 0.597. The molecule has 0 saturated carbocycles. The Morgan fingerprint density at radius 1 is 1.33 bits per heavy atom. The Bertz CT molecular complexity index is 632. The number of nitrogens with two attached hydrogens (primary N) is 1. The van der Waals surface area contributed by atoms with Crippen LogP contribution in [0.1, 0.15) is 28.8 Å². The van der Waals surface area contributed by atoms with Crippen LogP contribution < -0.4 is 15.8 Å². The third-order valence-electron chi connectivity index (χ3n) is 3.71. The number of unbranched alkanes of at least 4 members (excludes halogenated alkanes) is 1. The summed E-state index contributed by atoms with van der Waals surface area (Å²) in [5.41, 5.74) is 6.36. The summed E-state index contributed by atoms with van der Waals surface area (Å²) < 4.78 is 5.64. The van der Waals surface area contributed by atoms with Crippen LogP contribution >= 0.6 is 0 Å². The molecule has 8 heteroatoms. The van der Waals surface area contributed by atoms with Crippen LogP contribution in [0.5, 0.6) is 5.75 Å². The van der Waals surface area contributed by atoms with Crippen molar-refractivity contribution in [3.05, 3.63) is 29.3 Å². The van der Waals surface area contributed by atoms with E-state index in [1.54, 1.807) is 12.1 Å². The van der Waals surface area contributed by atoms with Gasteiger partial charge in [0.05, 0.1) is 6.61 Å². The van der Waals surface area contributed by atoms with Gasteiger partial charge in [-0.2, -0.15) is 0 Å². The number of hydrogen-bond acceptors (Lipinski definition) is 4. The average molecular weight is 335 g/mol. The smallest absolute Gasteiger partial charge is 0.323 e. The summed E-state index contributed by atoms with van der Waals surface area (Å²) in [6, 6.07) is 4.68. The second-order valence-corrected chi connectivity index (χ2v) is 5.54. The number of carboxylic acids is 1. The third-order valence-corrected chi connectivity index (χ3v) is 3.71. The van der Waals surface area contributed by atoms with Crippen molar-refractivity contribution in [3.63, 3.8) is 0 Å². The van der Waals surface area contributed by atoms with Gasteiger partial charge in [0.1, 0.15) is 12.3 Å². The molecule has 3 amide bonds. The van der Waals surface area contributed by atoms with Crippen LogP contribution in [0.2, 0.25) is 0 Å². The summed E-state index contributed by atoms with van der Waals surface area (Å²) in [7, 11) is 0. The summed E-state index contributed by atoms with van der Waals surface area (Å²) in [4.78, 5) is 34.8. The fourth-order valence-corrected chi connectivity index (χ4v) is 2.55. The van der Waals surface area contributed by atoms with Gasteiger partial charge in [-0.15, -0.1) is 0 Å². The molecule has 8 nitrogen and oxygen atoms in total. The number of ether oxygens (including phenoxy) is 1. The Balaban J connectivity index is 1.85. The zero-order valence-electron chi connectivity index (χ0n) is 13.3. The van der Waals surface area contributed by atoms with Crippen molar-refractivity contribution in [3.8, 4) is 5.75 Å². The minimum absolute atomic E-state index is 0.261. The SMILES string of the molecule is NC(=O)NCCCCOc1ccc2c(c1)CCN(CC(=O)O)C2=O. The predicted molar refractivity (Wildman–Crippen MR) is 86.0 cm³/mol. The molecule has 1 aromatic rings. The van der Waals surface area contributed by atoms with Crippen molar-refractivity contribution >= 4 is 17.9 Å². The molecular formula is C16H21N3O5. The molecule has 24 heavy (non-hydrogen) atoms. The molecule has 1 aliphatic heterocycles. The number of urea groups is 1. The Morgan fingerprint density at radius 2 is 2.12 bits per heavy atom. The number of rotatable bonds is 8. The van der Waals surface area contributed by atoms with Crippen molar-refractivity contribution < 1.29 is 24.2 Å². The normalized spacial score (nSPS) is 13.3. The average Bonchev–Trinajstić information content (AvgIpc) is 2.53. The largest absolute Gasteiger partial charge is 0.494 e. The molecule has 0 unspecified atom stereocenters. The van der Waals surface area contributed by atoms with Crippen LogP contribution in [-0.2, 0) is 11.2 Å². The monoisotopic (exact) mass is 335 g/mol. The van der Waals surface area contributed by atoms with E-state index in [0.717, 1.165) is 18.4 Å². The first-order valence-electron chi connectivity index (χ1n) is 7.77. The summed E-state index contributed by atoms with van der Waals surface area (Å²) in [6.45, 7) is 1.12. The van der Waals surface area contributed by atoms with Crippen molar-refractivity contribution in [1.29, 1.82) is 0 Å². The molecule has 1 aliphatic rings. The fraction of sp³-hybridized carbons (Fsp3) is 0.438. The van der Waals surface area contributed by atoms with Gasteiger partial charge in [0.2, 0.25) is 0 Å². The van der Waals surface area contributed by atoms with Gasteiger partial charge in [-0.3, -0.25) is 9.59 Å². The van der Waals surface area contributed by atoms with Gasteiger partial charge in [0.25, 0.3) is 5.91 Å². The lowest BCUT2D eigenvalue weighted by atomic mass is 9.98. The lowest BCUT2D eigenvalue weighted by Crippen LogP contribution is -2.40. The maximum Gasteiger partial charge on any atom is 0.323 e. The van der Waals surface area contributed by atoms with Gasteiger partial charge in [0.15, 0.2) is 0 Å². The van der Waals surface area contributed by atoms with Gasteiger partial charge in [-0.1, -0.05) is 0 Å². The molecule has 0 radical (unpaired) electrons. The van der Waals surface area contributed by atoms with Gasteiger partial charge in [0, 0.05) is 18.7 Å². The molecule has 0 spiro atoms. The zero-order chi connectivity index (χ0) is 17.5. The number of hydrogen-bond donors (Lipinski definition) is 3. The topological polar surface area (TPSA) is 122 Å². The van der Waals surface area contributed by atoms with Crippen LogP contribution in [0, 0.1) is 0 Å². The molecule has 0 aromatic heterocycles. The summed E-state index contributed by atoms with van der Waals surface area (Å²) in [5.74, 6) is -0.601. The van der Waals surface area contributed by atoms with Crippen molar-refractivity contribution in [2.75, 3.05) is 26.2 Å². The van der Waals surface area contributed by atoms with Crippen LogP contribution in [0.15, 0.2) is 18.2 Å². The van der Waals surface area contributed by atoms with Gasteiger partial charge < -0.3 is 25.8 Å². The minimum Gasteiger partial charge on any atom is -0.494 e. The van der Waals surface area contributed by atoms with Gasteiger partial charge in [-0.05, 0) is 43.0 Å². The standard InChI is InChI=1S/C16H21N3O5/c17-16(23)18-6-1-2-8-24-12-3-4-13-11(9-12)5-7-19(15(13)22)10-14(20)21/h3-4,9H,1-2,5-8,10H2,(H,20,21)(H3,17,18,23). The van der Waals surface area contributed by atoms with Crippen molar-refractivity contribution in [2.24, 2.45) is 5.73 Å². The number of carboxylic acid groups (broad SMARTS) is 1. The summed E-state index contributed by atoms with van der Waals surface area (Å²) >= 11 is 0. The second-order valence-electron chi connectivity index (χ2n) is 5.54. The molecule has 0 bridgehead atoms. The number of fused-ring (bicyclic) bond motifs is 1. The van der Waals surface area contributed by atoms with Crippen molar-refractivity contribution in [2.45, 2.75) is 19.3 Å². The van der Waals surface area contributed by atoms with E-state index >= 15 is 0 Å². The number of primary amides is 1. The maximum atomic E-state index is 12.2. The first kappa shape index (κ1) is 17.6. The highest BCUT2D eigenvalue weighted by molar-refractivity contribution is 5.98. The van der Waals surface area contributed by atoms with E-state index in [-0.39, 0.29) is 12.5 Å². The van der Waals surface area contributed by atoms with Crippen LogP contribution in [-0.4, -0.2) is 54.2 Å². The van der Waals surface area contributed by atoms with E-state index in [9.17, 15) is 14.4 Å². The van der Waals surface area contributed by atoms with E-state index in [4.69, 9.17) is 15.6 Å². The molecule has 4 N–H and O–H groups in total. The first-order valence-corrected chi connectivity index (χ1v) is 7.77. The number of nitrogens with one attached hydrogen (secondary N) is 1. The quantitative estimate of drug-likeness (QED) is 0.600. The highest BCUT2D eigenvalue weighted by Crippen LogP contribution is 2.24. The fourth-order valence-electron chi connectivity index (χ4n) is 2.55. The van der Waals surface area contributed by atoms with E-state index in [1.807, 2.05) is 6.07 Å². The lowest BCUT2D eigenvalue weighted by molar-refractivity contribution is -0.137. The van der Waals surface area contributed by atoms with Crippen LogP contribution in [0.3, 0.4) is 0 Å². The third kappa shape index (κ3) is 4.87. The molecule has 1 aromatic carbocycles. The molecule has 0 saturated heterocycles. The molecule has 0 aliphatic carbocycles. The molecule has 130 valence electrons. The van der Waals surface area contributed by atoms with Gasteiger partial charge in [-0.25, -0.2) is 4.79 Å². The highest BCUT2D eigenvalue weighted by Gasteiger charge is 2.25. The number of nitrogens with zero attached hydrogens (tertiary/aromatic N) is 1. The molecule has 1 heterocycles. The van der Waals surface area contributed by atoms with Crippen molar-refractivity contribution in [1.82, 2.24) is 10.2 Å². The van der Waals surface area contributed by atoms with Crippen LogP contribution in [0.4, 0.5) is 4.79 Å². The van der Waals surface area contributed by atoms with E-state index in [1.165, 1.54) is 4.90 Å². The first-order chi connectivity index (χ1) is 11.5. The maximum absolute atomic E-state index is 12.2. The van der Waals surface area contributed by atoms with Gasteiger partial charge >= 0.3 is 12.0 Å². The van der Waals surface area contributed by atoms with E-state index < -0.39 is 12.0 Å². The Kier molecular flexibility index (Phi) is 6.00. The van der Waals surface area contributed by atoms with Crippen LogP contribution in [0.25, 0.3) is 0 Å². The zero-order valence-corrected chi connectivity index (χ0v) is 13.3. The molecule has 0 atom stereocenters. The highest BCUT2D eigenvalue weighted by atomic mass is 16.5. The van der Waals surface area contributed by atoms with E-state index in [0.29, 0.717) is 37.4 Å². The number of amides is 3. The molecule has 2 rings (SSSR count). The Labute approximate surface area is 139 Å².